The summed E-state index contributed by atoms with van der Waals surface area (Å²) in [5, 5.41) is 9.25. The molecule has 1 fully saturated rings. The lowest BCUT2D eigenvalue weighted by Gasteiger charge is -2.22. The lowest BCUT2D eigenvalue weighted by molar-refractivity contribution is 0.418. The molecule has 24 heavy (non-hydrogen) atoms. The molecule has 0 radical (unpaired) electrons. The van der Waals surface area contributed by atoms with Crippen molar-refractivity contribution in [3.63, 3.8) is 0 Å². The molecule has 1 aromatic carbocycles. The van der Waals surface area contributed by atoms with Crippen molar-refractivity contribution in [2.45, 2.75) is 44.7 Å². The van der Waals surface area contributed by atoms with Crippen LogP contribution in [0.5, 0.6) is 0 Å². The largest absolute Gasteiger partial charge is 0.305 e. The number of hydrogen-bond donors (Lipinski definition) is 1. The van der Waals surface area contributed by atoms with Crippen LogP contribution in [0.15, 0.2) is 48.9 Å². The third-order valence-electron chi connectivity index (χ3n) is 4.75. The second-order valence-corrected chi connectivity index (χ2v) is 7.59. The number of nitrogens with zero attached hydrogens (tertiary/aromatic N) is 3. The Bertz CT molecular complexity index is 789. The van der Waals surface area contributed by atoms with Crippen LogP contribution in [-0.4, -0.2) is 14.8 Å². The van der Waals surface area contributed by atoms with Gasteiger partial charge in [0.15, 0.2) is 0 Å². The molecule has 1 N–H and O–H groups in total. The predicted octanol–water partition coefficient (Wildman–Crippen LogP) is 4.45. The smallest absolute Gasteiger partial charge is 0.0959 e. The summed E-state index contributed by atoms with van der Waals surface area (Å²) >= 11 is 1.87. The summed E-state index contributed by atoms with van der Waals surface area (Å²) < 4.78 is 1.89. The van der Waals surface area contributed by atoms with Crippen molar-refractivity contribution in [1.29, 1.82) is 0 Å². The van der Waals surface area contributed by atoms with E-state index in [0.717, 1.165) is 18.2 Å². The van der Waals surface area contributed by atoms with Crippen LogP contribution in [0.2, 0.25) is 0 Å². The molecule has 0 unspecified atom stereocenters. The van der Waals surface area contributed by atoms with Gasteiger partial charge in [0.1, 0.15) is 0 Å². The van der Waals surface area contributed by atoms with Crippen molar-refractivity contribution < 1.29 is 0 Å². The fourth-order valence-electron chi connectivity index (χ4n) is 2.98. The molecule has 4 nitrogen and oxygen atoms in total. The van der Waals surface area contributed by atoms with Crippen LogP contribution in [0.3, 0.4) is 0 Å². The van der Waals surface area contributed by atoms with Crippen LogP contribution in [0, 0.1) is 0 Å². The van der Waals surface area contributed by atoms with E-state index < -0.39 is 0 Å². The van der Waals surface area contributed by atoms with Gasteiger partial charge in [0.25, 0.3) is 0 Å². The SMILES string of the molecule is C[C@H](NCc1cnc(C2CCC2)s1)c1cccc(-n2cccn2)c1. The van der Waals surface area contributed by atoms with Crippen molar-refractivity contribution in [1.82, 2.24) is 20.1 Å². The topological polar surface area (TPSA) is 42.7 Å². The molecule has 124 valence electrons. The summed E-state index contributed by atoms with van der Waals surface area (Å²) in [4.78, 5) is 5.93. The first-order valence-corrected chi connectivity index (χ1v) is 9.39. The van der Waals surface area contributed by atoms with Gasteiger partial charge in [-0.15, -0.1) is 11.3 Å². The van der Waals surface area contributed by atoms with Crippen LogP contribution < -0.4 is 5.32 Å². The van der Waals surface area contributed by atoms with E-state index in [0.29, 0.717) is 0 Å². The van der Waals surface area contributed by atoms with E-state index in [2.05, 4.69) is 46.6 Å². The summed E-state index contributed by atoms with van der Waals surface area (Å²) in [5.74, 6) is 0.729. The molecule has 1 aliphatic rings. The van der Waals surface area contributed by atoms with Gasteiger partial charge in [-0.25, -0.2) is 9.67 Å². The van der Waals surface area contributed by atoms with Gasteiger partial charge in [-0.1, -0.05) is 18.6 Å². The third kappa shape index (κ3) is 3.28. The third-order valence-corrected chi connectivity index (χ3v) is 5.91. The molecule has 0 aliphatic heterocycles. The van der Waals surface area contributed by atoms with Crippen LogP contribution in [-0.2, 0) is 6.54 Å². The molecule has 2 heterocycles. The number of aromatic nitrogens is 3. The van der Waals surface area contributed by atoms with Crippen LogP contribution >= 0.6 is 11.3 Å². The lowest BCUT2D eigenvalue weighted by atomic mass is 9.86. The van der Waals surface area contributed by atoms with Gasteiger partial charge < -0.3 is 5.32 Å². The quantitative estimate of drug-likeness (QED) is 0.722. The predicted molar refractivity (Wildman–Crippen MR) is 97.5 cm³/mol. The van der Waals surface area contributed by atoms with Crippen LogP contribution in [0.1, 0.15) is 53.6 Å². The second kappa shape index (κ2) is 6.87. The molecule has 0 amide bonds. The van der Waals surface area contributed by atoms with Crippen molar-refractivity contribution in [2.24, 2.45) is 0 Å². The van der Waals surface area contributed by atoms with E-state index in [1.807, 2.05) is 34.5 Å². The highest BCUT2D eigenvalue weighted by Crippen LogP contribution is 2.38. The van der Waals surface area contributed by atoms with Gasteiger partial charge in [0.2, 0.25) is 0 Å². The fraction of sp³-hybridized carbons (Fsp3) is 0.368. The Balaban J connectivity index is 1.40. The van der Waals surface area contributed by atoms with Crippen molar-refractivity contribution >= 4 is 11.3 Å². The molecule has 0 saturated heterocycles. The molecular weight excluding hydrogens is 316 g/mol. The normalized spacial score (nSPS) is 16.0. The molecule has 0 bridgehead atoms. The van der Waals surface area contributed by atoms with Crippen molar-refractivity contribution in [2.75, 3.05) is 0 Å². The molecule has 2 aromatic heterocycles. The highest BCUT2D eigenvalue weighted by Gasteiger charge is 2.22. The molecule has 3 aromatic rings. The van der Waals surface area contributed by atoms with Gasteiger partial charge in [-0.05, 0) is 43.5 Å². The number of benzene rings is 1. The molecule has 1 aliphatic carbocycles. The Labute approximate surface area is 146 Å². The Hall–Kier alpha value is -1.98. The minimum absolute atomic E-state index is 0.287. The average molecular weight is 338 g/mol. The molecule has 0 spiro atoms. The van der Waals surface area contributed by atoms with Gasteiger partial charge in [-0.3, -0.25) is 0 Å². The fourth-order valence-corrected chi connectivity index (χ4v) is 4.02. The standard InChI is InChI=1S/C19H22N4S/c1-14(16-7-3-8-17(11-16)23-10-4-9-22-23)20-12-18-13-21-19(24-18)15-5-2-6-15/h3-4,7-11,13-15,20H,2,5-6,12H2,1H3/t14-/m0/s1. The Morgan fingerprint density at radius 2 is 2.25 bits per heavy atom. The average Bonchev–Trinajstić information content (AvgIpc) is 3.23. The molecule has 5 heteroatoms. The minimum Gasteiger partial charge on any atom is -0.305 e. The van der Waals surface area contributed by atoms with E-state index in [1.165, 1.54) is 34.7 Å². The first-order chi connectivity index (χ1) is 11.8. The van der Waals surface area contributed by atoms with E-state index in [-0.39, 0.29) is 6.04 Å². The van der Waals surface area contributed by atoms with Crippen LogP contribution in [0.25, 0.3) is 5.69 Å². The maximum absolute atomic E-state index is 4.60. The zero-order valence-corrected chi connectivity index (χ0v) is 14.7. The van der Waals surface area contributed by atoms with Crippen molar-refractivity contribution in [3.05, 3.63) is 64.4 Å². The maximum atomic E-state index is 4.60. The highest BCUT2D eigenvalue weighted by atomic mass is 32.1. The monoisotopic (exact) mass is 338 g/mol. The minimum atomic E-state index is 0.287. The molecular formula is C19H22N4S. The highest BCUT2D eigenvalue weighted by molar-refractivity contribution is 7.11. The van der Waals surface area contributed by atoms with Crippen molar-refractivity contribution in [3.8, 4) is 5.69 Å². The summed E-state index contributed by atoms with van der Waals surface area (Å²) in [7, 11) is 0. The molecule has 4 rings (SSSR count). The number of nitrogens with one attached hydrogen (secondary N) is 1. The maximum Gasteiger partial charge on any atom is 0.0959 e. The van der Waals surface area contributed by atoms with Crippen LogP contribution in [0.4, 0.5) is 0 Å². The first-order valence-electron chi connectivity index (χ1n) is 8.57. The van der Waals surface area contributed by atoms with E-state index in [9.17, 15) is 0 Å². The summed E-state index contributed by atoms with van der Waals surface area (Å²) in [5.41, 5.74) is 2.36. The zero-order chi connectivity index (χ0) is 16.4. The van der Waals surface area contributed by atoms with Gasteiger partial charge in [0, 0.05) is 42.0 Å². The van der Waals surface area contributed by atoms with E-state index in [1.54, 1.807) is 6.20 Å². The van der Waals surface area contributed by atoms with E-state index >= 15 is 0 Å². The number of rotatable bonds is 6. The Morgan fingerprint density at radius 1 is 1.33 bits per heavy atom. The molecule has 1 atom stereocenters. The Morgan fingerprint density at radius 3 is 3.00 bits per heavy atom. The van der Waals surface area contributed by atoms with Gasteiger partial charge >= 0.3 is 0 Å². The number of hydrogen-bond acceptors (Lipinski definition) is 4. The second-order valence-electron chi connectivity index (χ2n) is 6.44. The summed E-state index contributed by atoms with van der Waals surface area (Å²) in [6.07, 6.45) is 9.81. The summed E-state index contributed by atoms with van der Waals surface area (Å²) in [6.45, 7) is 3.08. The van der Waals surface area contributed by atoms with Gasteiger partial charge in [-0.2, -0.15) is 5.10 Å². The molecule has 1 saturated carbocycles. The Kier molecular flexibility index (Phi) is 4.45. The van der Waals surface area contributed by atoms with Gasteiger partial charge in [0.05, 0.1) is 10.7 Å². The first kappa shape index (κ1) is 15.5. The lowest BCUT2D eigenvalue weighted by Crippen LogP contribution is -2.17. The number of thiazole rings is 1. The zero-order valence-electron chi connectivity index (χ0n) is 13.9. The summed E-state index contributed by atoms with van der Waals surface area (Å²) in [6, 6.07) is 10.8. The van der Waals surface area contributed by atoms with E-state index in [4.69, 9.17) is 0 Å².